The average Bonchev–Trinajstić information content (AvgIpc) is 2.45. The summed E-state index contributed by atoms with van der Waals surface area (Å²) in [5.41, 5.74) is 3.43. The molecule has 1 heteroatoms. The van der Waals surface area contributed by atoms with Gasteiger partial charge in [-0.3, -0.25) is 0 Å². The second-order valence-corrected chi connectivity index (χ2v) is 3.47. The van der Waals surface area contributed by atoms with Crippen molar-refractivity contribution in [1.29, 1.82) is 0 Å². The van der Waals surface area contributed by atoms with Gasteiger partial charge in [0.2, 0.25) is 0 Å². The van der Waals surface area contributed by atoms with Gasteiger partial charge in [-0.05, 0) is 36.1 Å². The van der Waals surface area contributed by atoms with Crippen molar-refractivity contribution >= 4 is 11.2 Å². The van der Waals surface area contributed by atoms with Crippen molar-refractivity contribution in [3.05, 3.63) is 23.8 Å². The summed E-state index contributed by atoms with van der Waals surface area (Å²) in [6.07, 6.45) is 1.13. The highest BCUT2D eigenvalue weighted by Gasteiger charge is 2.07. The molecule has 0 atom stereocenters. The average molecular weight is 148 g/mol. The van der Waals surface area contributed by atoms with E-state index in [0.717, 1.165) is 17.6 Å². The highest BCUT2D eigenvalue weighted by molar-refractivity contribution is 5.65. The van der Waals surface area contributed by atoms with Gasteiger partial charge in [0, 0.05) is 0 Å². The van der Waals surface area contributed by atoms with Crippen LogP contribution in [0.3, 0.4) is 0 Å². The van der Waals surface area contributed by atoms with Gasteiger partial charge in [0.15, 0.2) is 0 Å². The molecule has 0 saturated carbocycles. The van der Waals surface area contributed by atoms with E-state index < -0.39 is 0 Å². The Kier molecular flexibility index (Phi) is 1.38. The monoisotopic (exact) mass is 148 g/mol. The first-order valence-corrected chi connectivity index (χ1v) is 4.06. The van der Waals surface area contributed by atoms with Crippen LogP contribution in [0, 0.1) is 5.92 Å². The van der Waals surface area contributed by atoms with Crippen molar-refractivity contribution in [3.8, 4) is 0 Å². The summed E-state index contributed by atoms with van der Waals surface area (Å²) in [6, 6.07) is 6.20. The molecule has 0 N–H and O–H groups in total. The zero-order valence-electron chi connectivity index (χ0n) is 6.92. The van der Waals surface area contributed by atoms with Crippen LogP contribution in [-0.2, 0) is 6.42 Å². The minimum absolute atomic E-state index is 0.714. The summed E-state index contributed by atoms with van der Waals surface area (Å²) in [4.78, 5) is 0. The van der Waals surface area contributed by atoms with E-state index in [1.54, 1.807) is 0 Å². The zero-order chi connectivity index (χ0) is 7.84. The van der Waals surface area contributed by atoms with Gasteiger partial charge >= 0.3 is 0 Å². The van der Waals surface area contributed by atoms with Gasteiger partial charge in [-0.1, -0.05) is 13.8 Å². The van der Waals surface area contributed by atoms with Crippen molar-refractivity contribution in [2.75, 3.05) is 0 Å². The van der Waals surface area contributed by atoms with E-state index >= 15 is 0 Å². The van der Waals surface area contributed by atoms with E-state index in [-0.39, 0.29) is 0 Å². The maximum Gasteiger partial charge on any atom is 0.130 e. The summed E-state index contributed by atoms with van der Waals surface area (Å²) in [5.74, 6) is 0.714. The second-order valence-electron chi connectivity index (χ2n) is 3.47. The first kappa shape index (κ1) is 6.71. The quantitative estimate of drug-likeness (QED) is 0.638. The molecule has 0 radical (unpaired) electrons. The third kappa shape index (κ3) is 1.11. The third-order valence-corrected chi connectivity index (χ3v) is 1.89. The third-order valence-electron chi connectivity index (χ3n) is 1.89. The summed E-state index contributed by atoms with van der Waals surface area (Å²) in [7, 11) is 0. The molecule has 0 unspecified atom stereocenters. The fraction of sp³-hybridized carbons (Fsp3) is 0.400. The topological polar surface area (TPSA) is 13.1 Å². The van der Waals surface area contributed by atoms with E-state index in [2.05, 4.69) is 19.9 Å². The van der Waals surface area contributed by atoms with Crippen molar-refractivity contribution in [2.45, 2.75) is 20.3 Å². The predicted octanol–water partition coefficient (Wildman–Crippen LogP) is 3.07. The highest BCUT2D eigenvalue weighted by Crippen LogP contribution is 2.23. The predicted molar refractivity (Wildman–Crippen MR) is 45.9 cm³/mol. The Labute approximate surface area is 66.3 Å². The van der Waals surface area contributed by atoms with Crippen LogP contribution < -0.4 is 0 Å². The minimum atomic E-state index is 0.714. The van der Waals surface area contributed by atoms with Gasteiger partial charge in [-0.15, -0.1) is 0 Å². The number of furan rings is 2. The molecule has 11 heavy (non-hydrogen) atoms. The molecule has 0 spiro atoms. The molecule has 0 amide bonds. The molecule has 0 aliphatic heterocycles. The SMILES string of the molecule is CC(C)Cc1cc2ccc1o2. The molecular formula is C10H12O. The molecule has 0 aromatic carbocycles. The molecule has 58 valence electrons. The molecule has 2 heterocycles. The fourth-order valence-corrected chi connectivity index (χ4v) is 1.45. The Morgan fingerprint density at radius 3 is 2.64 bits per heavy atom. The lowest BCUT2D eigenvalue weighted by Crippen LogP contribution is -1.91. The van der Waals surface area contributed by atoms with E-state index in [1.165, 1.54) is 5.56 Å². The van der Waals surface area contributed by atoms with Crippen LogP contribution in [0.2, 0.25) is 0 Å². The fourth-order valence-electron chi connectivity index (χ4n) is 1.45. The first-order valence-electron chi connectivity index (χ1n) is 4.06. The molecular weight excluding hydrogens is 136 g/mol. The van der Waals surface area contributed by atoms with Crippen molar-refractivity contribution < 1.29 is 4.42 Å². The van der Waals surface area contributed by atoms with Gasteiger partial charge in [0.05, 0.1) is 0 Å². The number of rotatable bonds is 2. The van der Waals surface area contributed by atoms with Crippen molar-refractivity contribution in [1.82, 2.24) is 0 Å². The lowest BCUT2D eigenvalue weighted by atomic mass is 10.0. The van der Waals surface area contributed by atoms with Crippen molar-refractivity contribution in [3.63, 3.8) is 0 Å². The second kappa shape index (κ2) is 2.26. The lowest BCUT2D eigenvalue weighted by molar-refractivity contribution is 0.636. The zero-order valence-corrected chi connectivity index (χ0v) is 6.92. The van der Waals surface area contributed by atoms with Crippen LogP contribution in [0.5, 0.6) is 0 Å². The summed E-state index contributed by atoms with van der Waals surface area (Å²) >= 11 is 0. The maximum absolute atomic E-state index is 5.42. The maximum atomic E-state index is 5.42. The highest BCUT2D eigenvalue weighted by atomic mass is 16.3. The molecule has 2 rings (SSSR count). The van der Waals surface area contributed by atoms with E-state index in [0.29, 0.717) is 5.92 Å². The molecule has 0 aliphatic rings. The standard InChI is InChI=1S/C10H12O/c1-7(2)5-8-6-9-3-4-10(8)11-9/h3-4,6-7H,5H2,1-2H3. The molecule has 2 aromatic rings. The summed E-state index contributed by atoms with van der Waals surface area (Å²) < 4.78 is 5.42. The normalized spacial score (nSPS) is 11.9. The Bertz CT molecular complexity index is 332. The molecule has 1 nitrogen and oxygen atoms in total. The van der Waals surface area contributed by atoms with Crippen LogP contribution in [0.4, 0.5) is 0 Å². The Balaban J connectivity index is 2.32. The van der Waals surface area contributed by atoms with Gasteiger partial charge in [0.1, 0.15) is 11.2 Å². The summed E-state index contributed by atoms with van der Waals surface area (Å²) in [6.45, 7) is 4.45. The Morgan fingerprint density at radius 2 is 2.18 bits per heavy atom. The van der Waals surface area contributed by atoms with Crippen LogP contribution in [-0.4, -0.2) is 0 Å². The lowest BCUT2D eigenvalue weighted by Gasteiger charge is -2.00. The summed E-state index contributed by atoms with van der Waals surface area (Å²) in [5, 5.41) is 0. The van der Waals surface area contributed by atoms with Gasteiger partial charge in [-0.25, -0.2) is 0 Å². The van der Waals surface area contributed by atoms with Crippen LogP contribution in [0.1, 0.15) is 19.4 Å². The van der Waals surface area contributed by atoms with Gasteiger partial charge in [0.25, 0.3) is 0 Å². The molecule has 2 aromatic heterocycles. The largest absolute Gasteiger partial charge is 0.457 e. The van der Waals surface area contributed by atoms with Crippen molar-refractivity contribution in [2.24, 2.45) is 5.92 Å². The Morgan fingerprint density at radius 1 is 1.36 bits per heavy atom. The molecule has 2 bridgehead atoms. The smallest absolute Gasteiger partial charge is 0.130 e. The molecule has 0 aliphatic carbocycles. The number of hydrogen-bond acceptors (Lipinski definition) is 1. The van der Waals surface area contributed by atoms with E-state index in [4.69, 9.17) is 4.42 Å². The number of hydrogen-bond donors (Lipinski definition) is 0. The van der Waals surface area contributed by atoms with Gasteiger partial charge in [-0.2, -0.15) is 0 Å². The molecule has 0 saturated heterocycles. The number of fused-ring (bicyclic) bond motifs is 2. The van der Waals surface area contributed by atoms with Crippen LogP contribution in [0.15, 0.2) is 22.6 Å². The number of benzene rings is 1. The van der Waals surface area contributed by atoms with Crippen LogP contribution >= 0.6 is 0 Å². The minimum Gasteiger partial charge on any atom is -0.457 e. The first-order chi connectivity index (χ1) is 5.25. The Hall–Kier alpha value is -0.980. The van der Waals surface area contributed by atoms with Gasteiger partial charge < -0.3 is 4.42 Å². The van der Waals surface area contributed by atoms with E-state index in [1.807, 2.05) is 12.1 Å². The molecule has 0 fully saturated rings. The van der Waals surface area contributed by atoms with Crippen LogP contribution in [0.25, 0.3) is 11.2 Å². The van der Waals surface area contributed by atoms with E-state index in [9.17, 15) is 0 Å².